The van der Waals surface area contributed by atoms with Crippen LogP contribution >= 0.6 is 0 Å². The molecule has 1 aliphatic rings. The van der Waals surface area contributed by atoms with Gasteiger partial charge in [-0.3, -0.25) is 9.59 Å². The van der Waals surface area contributed by atoms with E-state index < -0.39 is 11.7 Å². The quantitative estimate of drug-likeness (QED) is 0.583. The highest BCUT2D eigenvalue weighted by Crippen LogP contribution is 2.30. The highest BCUT2D eigenvalue weighted by Gasteiger charge is 2.29. The van der Waals surface area contributed by atoms with Crippen molar-refractivity contribution in [2.75, 3.05) is 0 Å². The normalized spacial score (nSPS) is 16.2. The number of nitrogens with one attached hydrogen (secondary N) is 1. The average Bonchev–Trinajstić information content (AvgIpc) is 3.32. The summed E-state index contributed by atoms with van der Waals surface area (Å²) in [5, 5.41) is 7.23. The fourth-order valence-electron chi connectivity index (χ4n) is 3.13. The Kier molecular flexibility index (Phi) is 3.89. The monoisotopic (exact) mass is 336 g/mol. The van der Waals surface area contributed by atoms with E-state index in [9.17, 15) is 9.59 Å². The van der Waals surface area contributed by atoms with Gasteiger partial charge < -0.3 is 9.73 Å². The first kappa shape index (κ1) is 15.3. The summed E-state index contributed by atoms with van der Waals surface area (Å²) < 4.78 is 6.80. The van der Waals surface area contributed by atoms with Crippen molar-refractivity contribution in [2.24, 2.45) is 0 Å². The molecule has 0 radical (unpaired) electrons. The second-order valence-corrected chi connectivity index (χ2v) is 5.87. The molecule has 3 heterocycles. The molecule has 0 aromatic carbocycles. The Hall–Kier alpha value is -3.22. The SMILES string of the molecule is O=C(N[C@@H]1CCCc2c1cnn2-c1ccccn1)C(=O)c1ccco1. The number of furan rings is 1. The maximum Gasteiger partial charge on any atom is 0.296 e. The van der Waals surface area contributed by atoms with Crippen LogP contribution in [0, 0.1) is 0 Å². The Labute approximate surface area is 143 Å². The van der Waals surface area contributed by atoms with Crippen LogP contribution in [0.2, 0.25) is 0 Å². The van der Waals surface area contributed by atoms with Gasteiger partial charge in [-0.05, 0) is 43.5 Å². The average molecular weight is 336 g/mol. The predicted octanol–water partition coefficient (Wildman–Crippen LogP) is 2.24. The first-order chi connectivity index (χ1) is 12.2. The topological polar surface area (TPSA) is 90.0 Å². The zero-order valence-electron chi connectivity index (χ0n) is 13.4. The van der Waals surface area contributed by atoms with Gasteiger partial charge in [-0.1, -0.05) is 6.07 Å². The van der Waals surface area contributed by atoms with Crippen molar-refractivity contribution in [3.8, 4) is 5.82 Å². The minimum absolute atomic E-state index is 0.0395. The lowest BCUT2D eigenvalue weighted by atomic mass is 9.92. The Morgan fingerprint density at radius 2 is 2.16 bits per heavy atom. The van der Waals surface area contributed by atoms with E-state index >= 15 is 0 Å². The highest BCUT2D eigenvalue weighted by atomic mass is 16.3. The highest BCUT2D eigenvalue weighted by molar-refractivity contribution is 6.42. The summed E-state index contributed by atoms with van der Waals surface area (Å²) in [6, 6.07) is 8.45. The summed E-state index contributed by atoms with van der Waals surface area (Å²) in [6.07, 6.45) is 7.34. The third-order valence-electron chi connectivity index (χ3n) is 4.31. The lowest BCUT2D eigenvalue weighted by Gasteiger charge is -2.23. The molecule has 4 rings (SSSR count). The van der Waals surface area contributed by atoms with Crippen LogP contribution in [-0.4, -0.2) is 26.5 Å². The van der Waals surface area contributed by atoms with Crippen molar-refractivity contribution in [1.82, 2.24) is 20.1 Å². The van der Waals surface area contributed by atoms with Gasteiger partial charge in [-0.15, -0.1) is 0 Å². The van der Waals surface area contributed by atoms with Crippen molar-refractivity contribution in [2.45, 2.75) is 25.3 Å². The molecule has 1 N–H and O–H groups in total. The number of pyridine rings is 1. The van der Waals surface area contributed by atoms with Crippen LogP contribution in [0.1, 0.15) is 40.7 Å². The summed E-state index contributed by atoms with van der Waals surface area (Å²) in [6.45, 7) is 0. The van der Waals surface area contributed by atoms with E-state index in [-0.39, 0.29) is 11.8 Å². The third kappa shape index (κ3) is 2.84. The van der Waals surface area contributed by atoms with Crippen LogP contribution in [0.4, 0.5) is 0 Å². The first-order valence-electron chi connectivity index (χ1n) is 8.11. The zero-order chi connectivity index (χ0) is 17.2. The molecule has 1 aliphatic carbocycles. The van der Waals surface area contributed by atoms with Gasteiger partial charge >= 0.3 is 0 Å². The number of carbonyl (C=O) groups is 2. The van der Waals surface area contributed by atoms with Gasteiger partial charge in [-0.25, -0.2) is 9.67 Å². The number of ketones is 1. The van der Waals surface area contributed by atoms with Crippen LogP contribution in [-0.2, 0) is 11.2 Å². The molecule has 25 heavy (non-hydrogen) atoms. The molecule has 0 unspecified atom stereocenters. The second kappa shape index (κ2) is 6.35. The summed E-state index contributed by atoms with van der Waals surface area (Å²) in [5.74, 6) is -0.562. The zero-order valence-corrected chi connectivity index (χ0v) is 13.4. The van der Waals surface area contributed by atoms with Gasteiger partial charge in [0.15, 0.2) is 11.6 Å². The number of carbonyl (C=O) groups excluding carboxylic acids is 2. The molecule has 0 saturated heterocycles. The van der Waals surface area contributed by atoms with Gasteiger partial charge in [0.05, 0.1) is 24.2 Å². The largest absolute Gasteiger partial charge is 0.461 e. The molecule has 7 heteroatoms. The van der Waals surface area contributed by atoms with E-state index in [2.05, 4.69) is 15.4 Å². The number of hydrogen-bond acceptors (Lipinski definition) is 5. The molecule has 3 aromatic heterocycles. The van der Waals surface area contributed by atoms with E-state index in [0.29, 0.717) is 0 Å². The van der Waals surface area contributed by atoms with Gasteiger partial charge in [-0.2, -0.15) is 5.10 Å². The number of rotatable bonds is 4. The van der Waals surface area contributed by atoms with Crippen molar-refractivity contribution in [1.29, 1.82) is 0 Å². The Morgan fingerprint density at radius 1 is 1.24 bits per heavy atom. The summed E-state index contributed by atoms with van der Waals surface area (Å²) in [7, 11) is 0. The van der Waals surface area contributed by atoms with Crippen LogP contribution in [0.25, 0.3) is 5.82 Å². The standard InChI is InChI=1S/C18H16N4O3/c23-17(15-7-4-10-25-15)18(24)21-13-5-3-6-14-12(13)11-20-22(14)16-8-1-2-9-19-16/h1-2,4,7-11,13H,3,5-6H2,(H,21,24)/t13-/m1/s1. The van der Waals surface area contributed by atoms with E-state index in [4.69, 9.17) is 4.42 Å². The minimum atomic E-state index is -0.672. The van der Waals surface area contributed by atoms with Crippen LogP contribution in [0.5, 0.6) is 0 Å². The van der Waals surface area contributed by atoms with Crippen LogP contribution < -0.4 is 5.32 Å². The summed E-state index contributed by atoms with van der Waals surface area (Å²) in [5.41, 5.74) is 1.94. The molecule has 3 aromatic rings. The lowest BCUT2D eigenvalue weighted by Crippen LogP contribution is -2.35. The minimum Gasteiger partial charge on any atom is -0.461 e. The number of Topliss-reactive ketones (excluding diaryl/α,β-unsaturated/α-hetero) is 1. The molecular formula is C18H16N4O3. The third-order valence-corrected chi connectivity index (χ3v) is 4.31. The number of hydrogen-bond donors (Lipinski definition) is 1. The number of fused-ring (bicyclic) bond motifs is 1. The molecule has 1 amide bonds. The van der Waals surface area contributed by atoms with Gasteiger partial charge in [0.2, 0.25) is 0 Å². The fourth-order valence-corrected chi connectivity index (χ4v) is 3.13. The Bertz CT molecular complexity index is 900. The molecule has 1 atom stereocenters. The van der Waals surface area contributed by atoms with Crippen LogP contribution in [0.15, 0.2) is 53.4 Å². The van der Waals surface area contributed by atoms with E-state index in [0.717, 1.165) is 36.3 Å². The van der Waals surface area contributed by atoms with Gasteiger partial charge in [0.25, 0.3) is 11.7 Å². The van der Waals surface area contributed by atoms with Crippen molar-refractivity contribution < 1.29 is 14.0 Å². The maximum atomic E-state index is 12.2. The molecule has 7 nitrogen and oxygen atoms in total. The summed E-state index contributed by atoms with van der Waals surface area (Å²) >= 11 is 0. The maximum absolute atomic E-state index is 12.2. The first-order valence-corrected chi connectivity index (χ1v) is 8.11. The molecule has 0 aliphatic heterocycles. The molecular weight excluding hydrogens is 320 g/mol. The van der Waals surface area contributed by atoms with Crippen molar-refractivity contribution >= 4 is 11.7 Å². The van der Waals surface area contributed by atoms with Crippen molar-refractivity contribution in [3.63, 3.8) is 0 Å². The molecule has 0 bridgehead atoms. The van der Waals surface area contributed by atoms with E-state index in [1.807, 2.05) is 18.2 Å². The van der Waals surface area contributed by atoms with Gasteiger partial charge in [0.1, 0.15) is 0 Å². The molecule has 0 fully saturated rings. The van der Waals surface area contributed by atoms with Crippen LogP contribution in [0.3, 0.4) is 0 Å². The molecule has 0 saturated carbocycles. The van der Waals surface area contributed by atoms with Crippen molar-refractivity contribution in [3.05, 3.63) is 66.0 Å². The Balaban J connectivity index is 1.57. The smallest absolute Gasteiger partial charge is 0.296 e. The Morgan fingerprint density at radius 3 is 2.92 bits per heavy atom. The van der Waals surface area contributed by atoms with E-state index in [1.165, 1.54) is 12.3 Å². The van der Waals surface area contributed by atoms with Gasteiger partial charge in [0, 0.05) is 11.8 Å². The molecule has 0 spiro atoms. The molecule has 126 valence electrons. The number of amides is 1. The number of aromatic nitrogens is 3. The lowest BCUT2D eigenvalue weighted by molar-refractivity contribution is -0.117. The van der Waals surface area contributed by atoms with E-state index in [1.54, 1.807) is 23.1 Å². The second-order valence-electron chi connectivity index (χ2n) is 5.87. The number of nitrogens with zero attached hydrogens (tertiary/aromatic N) is 3. The summed E-state index contributed by atoms with van der Waals surface area (Å²) in [4.78, 5) is 28.6. The fraction of sp³-hybridized carbons (Fsp3) is 0.222. The predicted molar refractivity (Wildman–Crippen MR) is 88.2 cm³/mol.